The number of hydrogen-bond acceptors (Lipinski definition) is 4. The van der Waals surface area contributed by atoms with E-state index in [2.05, 4.69) is 22.2 Å². The molecule has 7 heteroatoms. The Morgan fingerprint density at radius 2 is 1.77 bits per heavy atom. The van der Waals surface area contributed by atoms with Gasteiger partial charge < -0.3 is 19.9 Å². The average Bonchev–Trinajstić information content (AvgIpc) is 2.64. The maximum absolute atomic E-state index is 13.4. The predicted octanol–water partition coefficient (Wildman–Crippen LogP) is 2.98. The van der Waals surface area contributed by atoms with Crippen LogP contribution in [-0.4, -0.2) is 51.1 Å². The Kier molecular flexibility index (Phi) is 5.37. The number of nitrogens with one attached hydrogen (secondary N) is 1. The highest BCUT2D eigenvalue weighted by Crippen LogP contribution is 2.30. The van der Waals surface area contributed by atoms with E-state index in [0.717, 1.165) is 44.0 Å². The minimum Gasteiger partial charge on any atom is -0.495 e. The summed E-state index contributed by atoms with van der Waals surface area (Å²) in [7, 11) is 3.59. The minimum atomic E-state index is -1.06. The average molecular weight is 361 g/mol. The van der Waals surface area contributed by atoms with Crippen LogP contribution >= 0.6 is 0 Å². The van der Waals surface area contributed by atoms with Crippen molar-refractivity contribution in [1.29, 1.82) is 0 Å². The molecule has 138 valence electrons. The molecule has 0 aromatic heterocycles. The van der Waals surface area contributed by atoms with Crippen LogP contribution in [0.4, 0.5) is 20.2 Å². The van der Waals surface area contributed by atoms with Gasteiger partial charge in [0.1, 0.15) is 5.75 Å². The summed E-state index contributed by atoms with van der Waals surface area (Å²) >= 11 is 0. The molecule has 1 aliphatic heterocycles. The molecule has 2 aromatic rings. The van der Waals surface area contributed by atoms with E-state index in [0.29, 0.717) is 11.4 Å². The highest BCUT2D eigenvalue weighted by atomic mass is 19.2. The maximum Gasteiger partial charge on any atom is 0.255 e. The number of carbonyl (C=O) groups excluding carboxylic acids is 1. The van der Waals surface area contributed by atoms with Crippen molar-refractivity contribution < 1.29 is 18.3 Å². The molecular formula is C19H21F2N3O2. The van der Waals surface area contributed by atoms with Crippen molar-refractivity contribution in [2.24, 2.45) is 0 Å². The molecule has 3 rings (SSSR count). The normalized spacial score (nSPS) is 15.0. The Balaban J connectivity index is 1.82. The van der Waals surface area contributed by atoms with E-state index in [9.17, 15) is 13.6 Å². The van der Waals surface area contributed by atoms with Crippen LogP contribution < -0.4 is 15.0 Å². The van der Waals surface area contributed by atoms with Crippen LogP contribution in [0.1, 0.15) is 10.4 Å². The zero-order valence-electron chi connectivity index (χ0n) is 14.8. The van der Waals surface area contributed by atoms with E-state index in [1.807, 2.05) is 12.1 Å². The number of ether oxygens (including phenoxy) is 1. The standard InChI is InChI=1S/C19H21F2N3O2/c1-23-7-9-24(10-8-23)14-4-6-18(26-2)17(12-14)22-19(25)13-3-5-15(20)16(21)11-13/h3-6,11-12H,7-10H2,1-2H3,(H,22,25). The van der Waals surface area contributed by atoms with Gasteiger partial charge in [-0.1, -0.05) is 0 Å². The molecule has 0 aliphatic carbocycles. The van der Waals surface area contributed by atoms with E-state index in [4.69, 9.17) is 4.74 Å². The molecular weight excluding hydrogens is 340 g/mol. The molecule has 1 saturated heterocycles. The first-order chi connectivity index (χ1) is 12.5. The third-order valence-corrected chi connectivity index (χ3v) is 4.48. The molecule has 1 amide bonds. The molecule has 1 fully saturated rings. The highest BCUT2D eigenvalue weighted by molar-refractivity contribution is 6.05. The monoisotopic (exact) mass is 361 g/mol. The van der Waals surface area contributed by atoms with Gasteiger partial charge in [0, 0.05) is 37.4 Å². The number of carbonyl (C=O) groups is 1. The van der Waals surface area contributed by atoms with Crippen molar-refractivity contribution in [1.82, 2.24) is 4.90 Å². The van der Waals surface area contributed by atoms with Crippen LogP contribution in [0.3, 0.4) is 0 Å². The van der Waals surface area contributed by atoms with Gasteiger partial charge in [0.25, 0.3) is 5.91 Å². The lowest BCUT2D eigenvalue weighted by Gasteiger charge is -2.34. The van der Waals surface area contributed by atoms with Crippen LogP contribution in [0.5, 0.6) is 5.75 Å². The summed E-state index contributed by atoms with van der Waals surface area (Å²) in [5.74, 6) is -2.08. The lowest BCUT2D eigenvalue weighted by atomic mass is 10.1. The van der Waals surface area contributed by atoms with Crippen molar-refractivity contribution in [3.63, 3.8) is 0 Å². The molecule has 0 spiro atoms. The van der Waals surface area contributed by atoms with Crippen LogP contribution in [0.15, 0.2) is 36.4 Å². The van der Waals surface area contributed by atoms with Gasteiger partial charge in [0.2, 0.25) is 0 Å². The first kappa shape index (κ1) is 18.1. The fourth-order valence-electron chi connectivity index (χ4n) is 2.89. The molecule has 0 unspecified atom stereocenters. The Morgan fingerprint density at radius 3 is 2.42 bits per heavy atom. The molecule has 0 atom stereocenters. The second kappa shape index (κ2) is 7.70. The van der Waals surface area contributed by atoms with E-state index in [1.54, 1.807) is 6.07 Å². The lowest BCUT2D eigenvalue weighted by molar-refractivity contribution is 0.102. The second-order valence-electron chi connectivity index (χ2n) is 6.26. The fourth-order valence-corrected chi connectivity index (χ4v) is 2.89. The molecule has 1 N–H and O–H groups in total. The van der Waals surface area contributed by atoms with Crippen molar-refractivity contribution in [3.05, 3.63) is 53.6 Å². The Hall–Kier alpha value is -2.67. The number of methoxy groups -OCH3 is 1. The van der Waals surface area contributed by atoms with Gasteiger partial charge in [-0.05, 0) is 43.4 Å². The Labute approximate surface area is 151 Å². The maximum atomic E-state index is 13.4. The van der Waals surface area contributed by atoms with Gasteiger partial charge in [0.15, 0.2) is 11.6 Å². The van der Waals surface area contributed by atoms with E-state index >= 15 is 0 Å². The zero-order valence-corrected chi connectivity index (χ0v) is 14.8. The SMILES string of the molecule is COc1ccc(N2CCN(C)CC2)cc1NC(=O)c1ccc(F)c(F)c1. The summed E-state index contributed by atoms with van der Waals surface area (Å²) < 4.78 is 31.7. The van der Waals surface area contributed by atoms with Gasteiger partial charge in [-0.3, -0.25) is 4.79 Å². The van der Waals surface area contributed by atoms with Crippen molar-refractivity contribution in [2.45, 2.75) is 0 Å². The third-order valence-electron chi connectivity index (χ3n) is 4.48. The van der Waals surface area contributed by atoms with E-state index in [-0.39, 0.29) is 5.56 Å². The molecule has 1 heterocycles. The molecule has 0 saturated carbocycles. The Morgan fingerprint density at radius 1 is 1.04 bits per heavy atom. The number of amides is 1. The van der Waals surface area contributed by atoms with E-state index in [1.165, 1.54) is 13.2 Å². The zero-order chi connectivity index (χ0) is 18.7. The number of anilines is 2. The first-order valence-corrected chi connectivity index (χ1v) is 8.36. The molecule has 2 aromatic carbocycles. The van der Waals surface area contributed by atoms with Gasteiger partial charge in [0.05, 0.1) is 12.8 Å². The third kappa shape index (κ3) is 3.94. The van der Waals surface area contributed by atoms with Gasteiger partial charge in [-0.25, -0.2) is 8.78 Å². The predicted molar refractivity (Wildman–Crippen MR) is 97.0 cm³/mol. The van der Waals surface area contributed by atoms with Crippen LogP contribution in [0.2, 0.25) is 0 Å². The van der Waals surface area contributed by atoms with Crippen LogP contribution in [-0.2, 0) is 0 Å². The molecule has 1 aliphatic rings. The summed E-state index contributed by atoms with van der Waals surface area (Å²) in [6.07, 6.45) is 0. The minimum absolute atomic E-state index is 0.0379. The van der Waals surface area contributed by atoms with Crippen molar-refractivity contribution in [3.8, 4) is 5.75 Å². The summed E-state index contributed by atoms with van der Waals surface area (Å²) in [6.45, 7) is 3.70. The largest absolute Gasteiger partial charge is 0.495 e. The van der Waals surface area contributed by atoms with Gasteiger partial charge in [-0.15, -0.1) is 0 Å². The van der Waals surface area contributed by atoms with Crippen molar-refractivity contribution in [2.75, 3.05) is 50.6 Å². The quantitative estimate of drug-likeness (QED) is 0.909. The summed E-state index contributed by atoms with van der Waals surface area (Å²) in [4.78, 5) is 16.9. The first-order valence-electron chi connectivity index (χ1n) is 8.36. The molecule has 26 heavy (non-hydrogen) atoms. The smallest absolute Gasteiger partial charge is 0.255 e. The number of nitrogens with zero attached hydrogens (tertiary/aromatic N) is 2. The number of halogens is 2. The summed E-state index contributed by atoms with van der Waals surface area (Å²) in [5, 5.41) is 2.72. The van der Waals surface area contributed by atoms with Crippen LogP contribution in [0.25, 0.3) is 0 Å². The molecule has 0 bridgehead atoms. The highest BCUT2D eigenvalue weighted by Gasteiger charge is 2.17. The van der Waals surface area contributed by atoms with E-state index < -0.39 is 17.5 Å². The fraction of sp³-hybridized carbons (Fsp3) is 0.316. The second-order valence-corrected chi connectivity index (χ2v) is 6.26. The topological polar surface area (TPSA) is 44.8 Å². The molecule has 0 radical (unpaired) electrons. The number of likely N-dealkylation sites (N-methyl/N-ethyl adjacent to an activating group) is 1. The number of piperazine rings is 1. The van der Waals surface area contributed by atoms with Gasteiger partial charge in [-0.2, -0.15) is 0 Å². The van der Waals surface area contributed by atoms with Crippen LogP contribution in [0, 0.1) is 11.6 Å². The lowest BCUT2D eigenvalue weighted by Crippen LogP contribution is -2.44. The Bertz CT molecular complexity index is 805. The van der Waals surface area contributed by atoms with Gasteiger partial charge >= 0.3 is 0 Å². The number of benzene rings is 2. The molecule has 5 nitrogen and oxygen atoms in total. The summed E-state index contributed by atoms with van der Waals surface area (Å²) in [5.41, 5.74) is 1.49. The number of hydrogen-bond donors (Lipinski definition) is 1. The summed E-state index contributed by atoms with van der Waals surface area (Å²) in [6, 6.07) is 8.61. The number of rotatable bonds is 4. The van der Waals surface area contributed by atoms with Crippen molar-refractivity contribution >= 4 is 17.3 Å².